The van der Waals surface area contributed by atoms with Gasteiger partial charge < -0.3 is 9.13 Å². The average molecular weight is 443 g/mol. The van der Waals surface area contributed by atoms with Crippen molar-refractivity contribution in [3.8, 4) is 11.4 Å². The first-order valence-electron chi connectivity index (χ1n) is 11.3. The molecular weight excluding hydrogens is 420 g/mol. The molecule has 7 rings (SSSR count). The number of fused-ring (bicyclic) bond motifs is 7. The fourth-order valence-electron chi connectivity index (χ4n) is 5.10. The molecule has 0 saturated carbocycles. The molecule has 0 radical (unpaired) electrons. The summed E-state index contributed by atoms with van der Waals surface area (Å²) in [7, 11) is 0. The van der Waals surface area contributed by atoms with Crippen LogP contribution >= 0.6 is 11.3 Å². The molecule has 0 aliphatic carbocycles. The third kappa shape index (κ3) is 2.60. The van der Waals surface area contributed by atoms with Gasteiger partial charge in [0.25, 0.3) is 0 Å². The molecule has 0 N–H and O–H groups in total. The van der Waals surface area contributed by atoms with Gasteiger partial charge in [-0.05, 0) is 50.2 Å². The van der Waals surface area contributed by atoms with E-state index in [1.54, 1.807) is 0 Å². The van der Waals surface area contributed by atoms with Gasteiger partial charge in [-0.25, -0.2) is 0 Å². The molecule has 0 bridgehead atoms. The van der Waals surface area contributed by atoms with Crippen LogP contribution in [0.15, 0.2) is 97.1 Å². The summed E-state index contributed by atoms with van der Waals surface area (Å²) >= 11 is 1.89. The van der Waals surface area contributed by atoms with E-state index in [0.29, 0.717) is 0 Å². The number of nitrogens with zero attached hydrogens (tertiary/aromatic N) is 2. The van der Waals surface area contributed by atoms with Gasteiger partial charge in [-0.15, -0.1) is 0 Å². The first-order chi connectivity index (χ1) is 16.2. The molecule has 0 aliphatic heterocycles. The predicted molar refractivity (Wildman–Crippen MR) is 142 cm³/mol. The Kier molecular flexibility index (Phi) is 3.88. The van der Waals surface area contributed by atoms with Crippen LogP contribution in [0.5, 0.6) is 0 Å². The monoisotopic (exact) mass is 442 g/mol. The Hall–Kier alpha value is -3.82. The number of hydrogen-bond donors (Lipinski definition) is 0. The van der Waals surface area contributed by atoms with Crippen LogP contribution in [-0.2, 0) is 0 Å². The molecule has 0 unspecified atom stereocenters. The zero-order valence-corrected chi connectivity index (χ0v) is 19.4. The molecular formula is C30H22N2S. The molecule has 0 saturated heterocycles. The van der Waals surface area contributed by atoms with E-state index in [0.717, 1.165) is 0 Å². The van der Waals surface area contributed by atoms with Gasteiger partial charge in [0.1, 0.15) is 9.66 Å². The van der Waals surface area contributed by atoms with Gasteiger partial charge in [0.2, 0.25) is 0 Å². The number of thiophene rings is 1. The van der Waals surface area contributed by atoms with Crippen molar-refractivity contribution in [2.75, 3.05) is 0 Å². The SMILES string of the molecule is Cc1ccc(-n2c3ccccc3c3c4c5ccccc5n(-c5ccc(C)cc5)c4sc32)cc1. The van der Waals surface area contributed by atoms with E-state index >= 15 is 0 Å². The van der Waals surface area contributed by atoms with Crippen molar-refractivity contribution in [2.45, 2.75) is 13.8 Å². The molecule has 33 heavy (non-hydrogen) atoms. The molecule has 0 aliphatic rings. The lowest BCUT2D eigenvalue weighted by Crippen LogP contribution is -1.93. The maximum absolute atomic E-state index is 2.43. The van der Waals surface area contributed by atoms with E-state index in [9.17, 15) is 0 Å². The Morgan fingerprint density at radius 3 is 1.30 bits per heavy atom. The first kappa shape index (κ1) is 18.7. The fourth-order valence-corrected chi connectivity index (χ4v) is 6.50. The summed E-state index contributed by atoms with van der Waals surface area (Å²) in [4.78, 5) is 2.60. The third-order valence-corrected chi connectivity index (χ3v) is 7.85. The van der Waals surface area contributed by atoms with Crippen LogP contribution in [0.25, 0.3) is 53.6 Å². The lowest BCUT2D eigenvalue weighted by Gasteiger charge is -2.08. The predicted octanol–water partition coefficient (Wildman–Crippen LogP) is 8.56. The van der Waals surface area contributed by atoms with Crippen LogP contribution in [0.3, 0.4) is 0 Å². The zero-order chi connectivity index (χ0) is 22.1. The summed E-state index contributed by atoms with van der Waals surface area (Å²) in [6.07, 6.45) is 0. The third-order valence-electron chi connectivity index (χ3n) is 6.69. The second kappa shape index (κ2) is 6.84. The molecule has 3 aromatic heterocycles. The highest BCUT2D eigenvalue weighted by Crippen LogP contribution is 2.47. The highest BCUT2D eigenvalue weighted by molar-refractivity contribution is 7.25. The molecule has 158 valence electrons. The Balaban J connectivity index is 1.69. The van der Waals surface area contributed by atoms with Crippen molar-refractivity contribution in [1.29, 1.82) is 0 Å². The number of para-hydroxylation sites is 2. The first-order valence-corrected chi connectivity index (χ1v) is 12.1. The molecule has 0 fully saturated rings. The lowest BCUT2D eigenvalue weighted by molar-refractivity contribution is 1.18. The number of rotatable bonds is 2. The molecule has 0 spiro atoms. The molecule has 4 aromatic carbocycles. The molecule has 2 nitrogen and oxygen atoms in total. The van der Waals surface area contributed by atoms with Gasteiger partial charge >= 0.3 is 0 Å². The summed E-state index contributed by atoms with van der Waals surface area (Å²) < 4.78 is 4.87. The van der Waals surface area contributed by atoms with Crippen LogP contribution in [0.4, 0.5) is 0 Å². The molecule has 0 amide bonds. The fraction of sp³-hybridized carbons (Fsp3) is 0.0667. The van der Waals surface area contributed by atoms with Crippen LogP contribution in [-0.4, -0.2) is 9.13 Å². The van der Waals surface area contributed by atoms with Crippen LogP contribution in [0, 0.1) is 13.8 Å². The average Bonchev–Trinajstić information content (AvgIpc) is 3.46. The van der Waals surface area contributed by atoms with Gasteiger partial charge in [-0.3, -0.25) is 0 Å². The second-order valence-corrected chi connectivity index (χ2v) is 9.82. The molecule has 3 heteroatoms. The van der Waals surface area contributed by atoms with Gasteiger partial charge in [-0.1, -0.05) is 83.1 Å². The van der Waals surface area contributed by atoms with Crippen molar-refractivity contribution in [1.82, 2.24) is 9.13 Å². The number of hydrogen-bond acceptors (Lipinski definition) is 1. The van der Waals surface area contributed by atoms with Crippen molar-refractivity contribution in [3.63, 3.8) is 0 Å². The maximum Gasteiger partial charge on any atom is 0.111 e. The van der Waals surface area contributed by atoms with E-state index in [-0.39, 0.29) is 0 Å². The minimum atomic E-state index is 1.21. The van der Waals surface area contributed by atoms with Gasteiger partial charge in [-0.2, -0.15) is 0 Å². The lowest BCUT2D eigenvalue weighted by atomic mass is 10.1. The highest BCUT2D eigenvalue weighted by atomic mass is 32.1. The van der Waals surface area contributed by atoms with Crippen LogP contribution in [0.1, 0.15) is 11.1 Å². The van der Waals surface area contributed by atoms with Gasteiger partial charge in [0.05, 0.1) is 11.0 Å². The Morgan fingerprint density at radius 2 is 0.879 bits per heavy atom. The number of aryl methyl sites for hydroxylation is 2. The Morgan fingerprint density at radius 1 is 0.485 bits per heavy atom. The Labute approximate surface area is 195 Å². The van der Waals surface area contributed by atoms with Gasteiger partial charge in [0.15, 0.2) is 0 Å². The van der Waals surface area contributed by atoms with Crippen molar-refractivity contribution >= 4 is 53.6 Å². The van der Waals surface area contributed by atoms with E-state index in [1.807, 2.05) is 11.3 Å². The number of aromatic nitrogens is 2. The largest absolute Gasteiger partial charge is 0.301 e. The topological polar surface area (TPSA) is 9.86 Å². The zero-order valence-electron chi connectivity index (χ0n) is 18.5. The maximum atomic E-state index is 2.43. The second-order valence-electron chi connectivity index (χ2n) is 8.84. The summed E-state index contributed by atoms with van der Waals surface area (Å²) in [6, 6.07) is 35.4. The number of benzene rings is 4. The van der Waals surface area contributed by atoms with Crippen LogP contribution in [0.2, 0.25) is 0 Å². The van der Waals surface area contributed by atoms with E-state index in [2.05, 4.69) is 120 Å². The van der Waals surface area contributed by atoms with E-state index in [4.69, 9.17) is 0 Å². The van der Waals surface area contributed by atoms with E-state index in [1.165, 1.54) is 64.7 Å². The normalized spacial score (nSPS) is 11.9. The summed E-state index contributed by atoms with van der Waals surface area (Å²) in [5.41, 5.74) is 7.50. The van der Waals surface area contributed by atoms with Crippen LogP contribution < -0.4 is 0 Å². The minimum Gasteiger partial charge on any atom is -0.301 e. The molecule has 0 atom stereocenters. The van der Waals surface area contributed by atoms with Gasteiger partial charge in [0, 0.05) is 32.9 Å². The highest BCUT2D eigenvalue weighted by Gasteiger charge is 2.23. The quantitative estimate of drug-likeness (QED) is 0.254. The molecule has 3 heterocycles. The minimum absolute atomic E-state index is 1.21. The standard InChI is InChI=1S/C30H22N2S/c1-19-11-15-21(16-12-19)31-25-9-5-3-7-23(25)27-28-24-8-4-6-10-26(24)32(30(28)33-29(27)31)22-17-13-20(2)14-18-22/h3-18H,1-2H3. The van der Waals surface area contributed by atoms with E-state index < -0.39 is 0 Å². The Bertz CT molecular complexity index is 1680. The summed E-state index contributed by atoms with van der Waals surface area (Å²) in [5, 5.41) is 5.33. The summed E-state index contributed by atoms with van der Waals surface area (Å²) in [6.45, 7) is 4.28. The van der Waals surface area contributed by atoms with Crippen molar-refractivity contribution in [3.05, 3.63) is 108 Å². The smallest absolute Gasteiger partial charge is 0.111 e. The van der Waals surface area contributed by atoms with Crippen molar-refractivity contribution in [2.24, 2.45) is 0 Å². The van der Waals surface area contributed by atoms with Crippen molar-refractivity contribution < 1.29 is 0 Å². The summed E-state index contributed by atoms with van der Waals surface area (Å²) in [5.74, 6) is 0. The molecule has 7 aromatic rings.